The number of nitriles is 1. The SMILES string of the molecule is CSC1(CNCc2ccnc(C#N)c2)CCCCC1. The van der Waals surface area contributed by atoms with Crippen molar-refractivity contribution in [3.05, 3.63) is 29.6 Å². The molecule has 1 heterocycles. The van der Waals surface area contributed by atoms with E-state index in [9.17, 15) is 0 Å². The topological polar surface area (TPSA) is 48.7 Å². The molecule has 3 nitrogen and oxygen atoms in total. The van der Waals surface area contributed by atoms with E-state index < -0.39 is 0 Å². The maximum absolute atomic E-state index is 8.83. The molecule has 0 bridgehead atoms. The molecule has 0 radical (unpaired) electrons. The normalized spacial score (nSPS) is 17.9. The Hall–Kier alpha value is -1.05. The lowest BCUT2D eigenvalue weighted by molar-refractivity contribution is 0.379. The van der Waals surface area contributed by atoms with Gasteiger partial charge in [-0.25, -0.2) is 4.98 Å². The summed E-state index contributed by atoms with van der Waals surface area (Å²) in [5.74, 6) is 0. The third kappa shape index (κ3) is 3.95. The number of nitrogens with one attached hydrogen (secondary N) is 1. The van der Waals surface area contributed by atoms with Crippen LogP contribution in [0.3, 0.4) is 0 Å². The lowest BCUT2D eigenvalue weighted by Gasteiger charge is -2.36. The van der Waals surface area contributed by atoms with E-state index in [1.165, 1.54) is 32.1 Å². The first-order valence-corrected chi connectivity index (χ1v) is 8.11. The summed E-state index contributed by atoms with van der Waals surface area (Å²) < 4.78 is 0.420. The van der Waals surface area contributed by atoms with Crippen molar-refractivity contribution < 1.29 is 0 Å². The van der Waals surface area contributed by atoms with Crippen molar-refractivity contribution in [3.8, 4) is 6.07 Å². The van der Waals surface area contributed by atoms with Gasteiger partial charge in [-0.05, 0) is 36.8 Å². The number of hydrogen-bond donors (Lipinski definition) is 1. The zero-order valence-corrected chi connectivity index (χ0v) is 12.3. The van der Waals surface area contributed by atoms with Crippen molar-refractivity contribution in [2.45, 2.75) is 43.4 Å². The van der Waals surface area contributed by atoms with Gasteiger partial charge < -0.3 is 5.32 Å². The lowest BCUT2D eigenvalue weighted by atomic mass is 9.88. The summed E-state index contributed by atoms with van der Waals surface area (Å²) >= 11 is 2.01. The maximum Gasteiger partial charge on any atom is 0.140 e. The minimum atomic E-state index is 0.420. The predicted octanol–water partition coefficient (Wildman–Crippen LogP) is 3.11. The Morgan fingerprint density at radius 2 is 2.21 bits per heavy atom. The van der Waals surface area contributed by atoms with Gasteiger partial charge in [-0.1, -0.05) is 19.3 Å². The molecular weight excluding hydrogens is 254 g/mol. The number of rotatable bonds is 5. The van der Waals surface area contributed by atoms with E-state index in [2.05, 4.69) is 22.6 Å². The summed E-state index contributed by atoms with van der Waals surface area (Å²) in [7, 11) is 0. The first kappa shape index (κ1) is 14.4. The lowest BCUT2D eigenvalue weighted by Crippen LogP contribution is -2.39. The van der Waals surface area contributed by atoms with Gasteiger partial charge in [-0.15, -0.1) is 0 Å². The fraction of sp³-hybridized carbons (Fsp3) is 0.600. The molecule has 1 aromatic rings. The first-order valence-electron chi connectivity index (χ1n) is 6.89. The van der Waals surface area contributed by atoms with Gasteiger partial charge in [0.1, 0.15) is 11.8 Å². The zero-order chi connectivity index (χ0) is 13.6. The van der Waals surface area contributed by atoms with Crippen molar-refractivity contribution in [2.24, 2.45) is 0 Å². The molecular formula is C15H21N3S. The molecule has 0 amide bonds. The molecule has 0 spiro atoms. The molecule has 4 heteroatoms. The smallest absolute Gasteiger partial charge is 0.140 e. The van der Waals surface area contributed by atoms with E-state index in [0.717, 1.165) is 18.7 Å². The van der Waals surface area contributed by atoms with Crippen LogP contribution >= 0.6 is 11.8 Å². The van der Waals surface area contributed by atoms with Crippen molar-refractivity contribution >= 4 is 11.8 Å². The average molecular weight is 275 g/mol. The second-order valence-corrected chi connectivity index (χ2v) is 6.49. The molecule has 0 unspecified atom stereocenters. The summed E-state index contributed by atoms with van der Waals surface area (Å²) in [5.41, 5.74) is 1.63. The molecule has 1 aliphatic carbocycles. The van der Waals surface area contributed by atoms with E-state index in [-0.39, 0.29) is 0 Å². The van der Waals surface area contributed by atoms with Crippen LogP contribution in [0.15, 0.2) is 18.3 Å². The molecule has 1 saturated carbocycles. The van der Waals surface area contributed by atoms with Crippen LogP contribution in [0.5, 0.6) is 0 Å². The zero-order valence-electron chi connectivity index (χ0n) is 11.5. The summed E-state index contributed by atoms with van der Waals surface area (Å²) in [6, 6.07) is 5.92. The highest BCUT2D eigenvalue weighted by Crippen LogP contribution is 2.37. The van der Waals surface area contributed by atoms with Gasteiger partial charge in [0, 0.05) is 24.0 Å². The van der Waals surface area contributed by atoms with Gasteiger partial charge in [0.05, 0.1) is 0 Å². The van der Waals surface area contributed by atoms with Crippen molar-refractivity contribution in [3.63, 3.8) is 0 Å². The van der Waals surface area contributed by atoms with E-state index in [4.69, 9.17) is 5.26 Å². The second kappa shape index (κ2) is 6.93. The molecule has 0 aromatic carbocycles. The summed E-state index contributed by atoms with van der Waals surface area (Å²) in [5, 5.41) is 12.4. The van der Waals surface area contributed by atoms with Crippen LogP contribution in [0.1, 0.15) is 43.4 Å². The van der Waals surface area contributed by atoms with Gasteiger partial charge in [-0.3, -0.25) is 0 Å². The van der Waals surface area contributed by atoms with Gasteiger partial charge in [0.15, 0.2) is 0 Å². The summed E-state index contributed by atoms with van der Waals surface area (Å²) in [6.07, 6.45) is 10.7. The molecule has 102 valence electrons. The minimum absolute atomic E-state index is 0.420. The highest BCUT2D eigenvalue weighted by atomic mass is 32.2. The molecule has 2 rings (SSSR count). The third-order valence-electron chi connectivity index (χ3n) is 3.91. The van der Waals surface area contributed by atoms with Crippen LogP contribution in [-0.4, -0.2) is 22.5 Å². The highest BCUT2D eigenvalue weighted by Gasteiger charge is 2.30. The third-order valence-corrected chi connectivity index (χ3v) is 5.33. The molecule has 19 heavy (non-hydrogen) atoms. The fourth-order valence-electron chi connectivity index (χ4n) is 2.73. The van der Waals surface area contributed by atoms with E-state index in [1.807, 2.05) is 23.9 Å². The van der Waals surface area contributed by atoms with E-state index in [1.54, 1.807) is 6.20 Å². The van der Waals surface area contributed by atoms with Crippen LogP contribution in [0.4, 0.5) is 0 Å². The van der Waals surface area contributed by atoms with E-state index in [0.29, 0.717) is 10.4 Å². The molecule has 1 aromatic heterocycles. The fourth-order valence-corrected chi connectivity index (χ4v) is 3.67. The molecule has 1 N–H and O–H groups in total. The monoisotopic (exact) mass is 275 g/mol. The Labute approximate surface area is 119 Å². The Morgan fingerprint density at radius 3 is 2.89 bits per heavy atom. The van der Waals surface area contributed by atoms with Gasteiger partial charge in [-0.2, -0.15) is 17.0 Å². The standard InChI is InChI=1S/C15H21N3S/c1-19-15(6-3-2-4-7-15)12-17-11-13-5-8-18-14(9-13)10-16/h5,8-9,17H,2-4,6-7,11-12H2,1H3. The predicted molar refractivity (Wildman–Crippen MR) is 80.0 cm³/mol. The van der Waals surface area contributed by atoms with Gasteiger partial charge in [0.25, 0.3) is 0 Å². The van der Waals surface area contributed by atoms with Crippen LogP contribution in [-0.2, 0) is 6.54 Å². The maximum atomic E-state index is 8.83. The molecule has 0 saturated heterocycles. The Morgan fingerprint density at radius 1 is 1.42 bits per heavy atom. The molecule has 1 fully saturated rings. The Balaban J connectivity index is 1.86. The molecule has 0 aliphatic heterocycles. The quantitative estimate of drug-likeness (QED) is 0.897. The van der Waals surface area contributed by atoms with Crippen LogP contribution in [0.2, 0.25) is 0 Å². The molecule has 0 atom stereocenters. The molecule has 1 aliphatic rings. The van der Waals surface area contributed by atoms with Crippen LogP contribution < -0.4 is 5.32 Å². The second-order valence-electron chi connectivity index (χ2n) is 5.21. The van der Waals surface area contributed by atoms with Crippen molar-refractivity contribution in [1.29, 1.82) is 5.26 Å². The van der Waals surface area contributed by atoms with Crippen LogP contribution in [0, 0.1) is 11.3 Å². The van der Waals surface area contributed by atoms with E-state index >= 15 is 0 Å². The van der Waals surface area contributed by atoms with Gasteiger partial charge in [0.2, 0.25) is 0 Å². The van der Waals surface area contributed by atoms with Crippen LogP contribution in [0.25, 0.3) is 0 Å². The Bertz CT molecular complexity index is 447. The van der Waals surface area contributed by atoms with Crippen molar-refractivity contribution in [2.75, 3.05) is 12.8 Å². The summed E-state index contributed by atoms with van der Waals surface area (Å²) in [4.78, 5) is 3.99. The first-order chi connectivity index (χ1) is 9.28. The number of nitrogens with zero attached hydrogens (tertiary/aromatic N) is 2. The minimum Gasteiger partial charge on any atom is -0.311 e. The van der Waals surface area contributed by atoms with Gasteiger partial charge >= 0.3 is 0 Å². The number of aromatic nitrogens is 1. The average Bonchev–Trinajstić information content (AvgIpc) is 2.48. The number of hydrogen-bond acceptors (Lipinski definition) is 4. The number of pyridine rings is 1. The number of thioether (sulfide) groups is 1. The Kier molecular flexibility index (Phi) is 5.24. The van der Waals surface area contributed by atoms with Crippen molar-refractivity contribution in [1.82, 2.24) is 10.3 Å². The highest BCUT2D eigenvalue weighted by molar-refractivity contribution is 8.00. The largest absolute Gasteiger partial charge is 0.311 e. The summed E-state index contributed by atoms with van der Waals surface area (Å²) in [6.45, 7) is 1.87.